The van der Waals surface area contributed by atoms with Crippen LogP contribution in [0.5, 0.6) is 0 Å². The molecule has 1 rings (SSSR count). The van der Waals surface area contributed by atoms with Gasteiger partial charge < -0.3 is 16.0 Å². The lowest BCUT2D eigenvalue weighted by Crippen LogP contribution is -2.42. The predicted octanol–water partition coefficient (Wildman–Crippen LogP) is 2.46. The molecule has 1 amide bonds. The van der Waals surface area contributed by atoms with Crippen LogP contribution in [0.15, 0.2) is 27.7 Å². The molecular weight excluding hydrogens is 375 g/mol. The molecular formula is C17H26BrFN4O. The van der Waals surface area contributed by atoms with Crippen LogP contribution in [0.2, 0.25) is 0 Å². The first kappa shape index (κ1) is 20.4. The number of amides is 1. The summed E-state index contributed by atoms with van der Waals surface area (Å²) >= 11 is 3.25. The molecule has 0 aromatic heterocycles. The molecule has 0 unspecified atom stereocenters. The molecule has 0 saturated carbocycles. The van der Waals surface area contributed by atoms with Crippen molar-refractivity contribution < 1.29 is 9.18 Å². The zero-order chi connectivity index (χ0) is 17.9. The van der Waals surface area contributed by atoms with E-state index in [4.69, 9.17) is 0 Å². The van der Waals surface area contributed by atoms with Crippen LogP contribution < -0.4 is 16.0 Å². The quantitative estimate of drug-likeness (QED) is 0.356. The van der Waals surface area contributed by atoms with Gasteiger partial charge in [0.15, 0.2) is 5.96 Å². The number of rotatable bonds is 8. The lowest BCUT2D eigenvalue weighted by atomic mass is 10.1. The number of nitrogens with one attached hydrogen (secondary N) is 3. The Kier molecular flexibility index (Phi) is 9.37. The van der Waals surface area contributed by atoms with Crippen LogP contribution in [0.25, 0.3) is 0 Å². The summed E-state index contributed by atoms with van der Waals surface area (Å²) in [6.45, 7) is 5.55. The van der Waals surface area contributed by atoms with Gasteiger partial charge in [-0.2, -0.15) is 0 Å². The molecule has 1 aromatic carbocycles. The maximum atomic E-state index is 13.7. The monoisotopic (exact) mass is 400 g/mol. The molecule has 0 aliphatic carbocycles. The van der Waals surface area contributed by atoms with Gasteiger partial charge in [0.25, 0.3) is 0 Å². The Morgan fingerprint density at radius 2 is 1.88 bits per heavy atom. The fourth-order valence-electron chi connectivity index (χ4n) is 2.00. The number of aliphatic imine (C=N–C) groups is 1. The number of carbonyl (C=O) groups excluding carboxylic acids is 1. The highest BCUT2D eigenvalue weighted by atomic mass is 79.9. The Labute approximate surface area is 151 Å². The molecule has 24 heavy (non-hydrogen) atoms. The highest BCUT2D eigenvalue weighted by molar-refractivity contribution is 9.10. The molecule has 134 valence electrons. The van der Waals surface area contributed by atoms with E-state index in [0.29, 0.717) is 37.6 Å². The average Bonchev–Trinajstić information content (AvgIpc) is 2.54. The van der Waals surface area contributed by atoms with E-state index in [1.54, 1.807) is 13.1 Å². The number of aryl methyl sites for hydroxylation is 1. The van der Waals surface area contributed by atoms with Gasteiger partial charge in [-0.05, 0) is 30.5 Å². The maximum Gasteiger partial charge on any atom is 0.222 e. The van der Waals surface area contributed by atoms with Gasteiger partial charge >= 0.3 is 0 Å². The largest absolute Gasteiger partial charge is 0.356 e. The van der Waals surface area contributed by atoms with Crippen LogP contribution >= 0.6 is 15.9 Å². The molecule has 1 aromatic rings. The molecule has 5 nitrogen and oxygen atoms in total. The number of nitrogens with zero attached hydrogens (tertiary/aromatic N) is 1. The minimum Gasteiger partial charge on any atom is -0.356 e. The Morgan fingerprint density at radius 1 is 1.21 bits per heavy atom. The molecule has 0 atom stereocenters. The summed E-state index contributed by atoms with van der Waals surface area (Å²) in [4.78, 5) is 15.5. The lowest BCUT2D eigenvalue weighted by Gasteiger charge is -2.13. The molecule has 0 aliphatic rings. The predicted molar refractivity (Wildman–Crippen MR) is 99.6 cm³/mol. The van der Waals surface area contributed by atoms with Crippen molar-refractivity contribution in [3.05, 3.63) is 34.1 Å². The number of guanidine groups is 1. The van der Waals surface area contributed by atoms with Gasteiger partial charge in [-0.3, -0.25) is 9.79 Å². The van der Waals surface area contributed by atoms with E-state index in [2.05, 4.69) is 36.9 Å². The normalized spacial score (nSPS) is 11.5. The van der Waals surface area contributed by atoms with Gasteiger partial charge in [0.05, 0.1) is 0 Å². The van der Waals surface area contributed by atoms with E-state index in [-0.39, 0.29) is 17.6 Å². The second-order valence-electron chi connectivity index (χ2n) is 5.71. The van der Waals surface area contributed by atoms with Gasteiger partial charge in [0.2, 0.25) is 5.91 Å². The van der Waals surface area contributed by atoms with E-state index in [0.717, 1.165) is 10.9 Å². The number of halogens is 2. The van der Waals surface area contributed by atoms with E-state index < -0.39 is 0 Å². The summed E-state index contributed by atoms with van der Waals surface area (Å²) in [5.74, 6) is 0.510. The van der Waals surface area contributed by atoms with Crippen LogP contribution in [-0.2, 0) is 11.2 Å². The molecule has 0 spiro atoms. The topological polar surface area (TPSA) is 65.5 Å². The Morgan fingerprint density at radius 3 is 2.50 bits per heavy atom. The average molecular weight is 401 g/mol. The van der Waals surface area contributed by atoms with Crippen molar-refractivity contribution in [1.29, 1.82) is 0 Å². The first-order chi connectivity index (χ1) is 11.4. The van der Waals surface area contributed by atoms with Gasteiger partial charge in [0.1, 0.15) is 5.82 Å². The second-order valence-corrected chi connectivity index (χ2v) is 6.63. The third kappa shape index (κ3) is 7.77. The molecule has 0 bridgehead atoms. The van der Waals surface area contributed by atoms with E-state index >= 15 is 0 Å². The van der Waals surface area contributed by atoms with E-state index in [1.165, 1.54) is 6.07 Å². The molecule has 0 saturated heterocycles. The van der Waals surface area contributed by atoms with Gasteiger partial charge in [-0.15, -0.1) is 0 Å². The zero-order valence-electron chi connectivity index (χ0n) is 14.5. The fourth-order valence-corrected chi connectivity index (χ4v) is 2.33. The van der Waals surface area contributed by atoms with Crippen molar-refractivity contribution in [3.63, 3.8) is 0 Å². The summed E-state index contributed by atoms with van der Waals surface area (Å²) in [7, 11) is 1.69. The highest BCUT2D eigenvalue weighted by Gasteiger charge is 2.05. The first-order valence-electron chi connectivity index (χ1n) is 8.10. The minimum atomic E-state index is -0.187. The molecule has 0 fully saturated rings. The van der Waals surface area contributed by atoms with Crippen LogP contribution in [0.1, 0.15) is 25.8 Å². The smallest absolute Gasteiger partial charge is 0.222 e. The fraction of sp³-hybridized carbons (Fsp3) is 0.529. The first-order valence-corrected chi connectivity index (χ1v) is 8.89. The Balaban J connectivity index is 2.21. The van der Waals surface area contributed by atoms with Crippen molar-refractivity contribution in [2.75, 3.05) is 26.7 Å². The summed E-state index contributed by atoms with van der Waals surface area (Å²) in [6.07, 6.45) is 1.46. The molecule has 0 heterocycles. The molecule has 0 radical (unpaired) electrons. The Bertz CT molecular complexity index is 564. The summed E-state index contributed by atoms with van der Waals surface area (Å²) in [6, 6.07) is 5.12. The van der Waals surface area contributed by atoms with Gasteiger partial charge in [-0.1, -0.05) is 35.8 Å². The molecule has 7 heteroatoms. The zero-order valence-corrected chi connectivity index (χ0v) is 16.0. The SMILES string of the molecule is CN=C(NCCCc1ccc(Br)cc1F)NCCNC(=O)C(C)C. The van der Waals surface area contributed by atoms with Crippen LogP contribution in [0.4, 0.5) is 4.39 Å². The number of hydrogen-bond donors (Lipinski definition) is 3. The second kappa shape index (κ2) is 11.0. The summed E-state index contributed by atoms with van der Waals surface area (Å²) < 4.78 is 14.5. The summed E-state index contributed by atoms with van der Waals surface area (Å²) in [5.41, 5.74) is 0.708. The molecule has 0 aliphatic heterocycles. The van der Waals surface area contributed by atoms with Crippen molar-refractivity contribution in [2.24, 2.45) is 10.9 Å². The number of hydrogen-bond acceptors (Lipinski definition) is 2. The van der Waals surface area contributed by atoms with Gasteiger partial charge in [0, 0.05) is 37.1 Å². The van der Waals surface area contributed by atoms with Crippen LogP contribution in [0, 0.1) is 11.7 Å². The maximum absolute atomic E-state index is 13.7. The lowest BCUT2D eigenvalue weighted by molar-refractivity contribution is -0.123. The van der Waals surface area contributed by atoms with Crippen molar-refractivity contribution in [1.82, 2.24) is 16.0 Å². The standard InChI is InChI=1S/C17H26BrFN4O/c1-12(2)16(24)21-9-10-23-17(20-3)22-8-4-5-13-6-7-14(18)11-15(13)19/h6-7,11-12H,4-5,8-10H2,1-3H3,(H,21,24)(H2,20,22,23). The van der Waals surface area contributed by atoms with Crippen molar-refractivity contribution in [2.45, 2.75) is 26.7 Å². The summed E-state index contributed by atoms with van der Waals surface area (Å²) in [5, 5.41) is 9.13. The Hall–Kier alpha value is -1.63. The number of carbonyl (C=O) groups is 1. The number of benzene rings is 1. The van der Waals surface area contributed by atoms with Gasteiger partial charge in [-0.25, -0.2) is 4.39 Å². The minimum absolute atomic E-state index is 0.0126. The third-order valence-electron chi connectivity index (χ3n) is 3.40. The van der Waals surface area contributed by atoms with E-state index in [9.17, 15) is 9.18 Å². The highest BCUT2D eigenvalue weighted by Crippen LogP contribution is 2.16. The van der Waals surface area contributed by atoms with Crippen LogP contribution in [-0.4, -0.2) is 38.5 Å². The van der Waals surface area contributed by atoms with Crippen molar-refractivity contribution >= 4 is 27.8 Å². The van der Waals surface area contributed by atoms with Crippen LogP contribution in [0.3, 0.4) is 0 Å². The third-order valence-corrected chi connectivity index (χ3v) is 3.89. The van der Waals surface area contributed by atoms with E-state index in [1.807, 2.05) is 19.9 Å². The van der Waals surface area contributed by atoms with Crippen molar-refractivity contribution in [3.8, 4) is 0 Å². The molecule has 3 N–H and O–H groups in total.